The molecule has 102 valence electrons. The van der Waals surface area contributed by atoms with E-state index in [9.17, 15) is 4.79 Å². The van der Waals surface area contributed by atoms with Gasteiger partial charge in [0.2, 0.25) is 0 Å². The van der Waals surface area contributed by atoms with Crippen molar-refractivity contribution in [3.63, 3.8) is 0 Å². The van der Waals surface area contributed by atoms with Crippen molar-refractivity contribution in [2.24, 2.45) is 0 Å². The second-order valence-corrected chi connectivity index (χ2v) is 5.47. The minimum Gasteiger partial charge on any atom is -0.444 e. The SMILES string of the molecule is Cc1ccc(C(CC#N)NC(=O)OC(C)(C)C)cc1. The Balaban J connectivity index is 2.76. The van der Waals surface area contributed by atoms with Crippen LogP contribution in [-0.2, 0) is 4.74 Å². The van der Waals surface area contributed by atoms with Gasteiger partial charge in [0.05, 0.1) is 18.5 Å². The van der Waals surface area contributed by atoms with Gasteiger partial charge in [0, 0.05) is 0 Å². The fraction of sp³-hybridized carbons (Fsp3) is 0.467. The number of amides is 1. The molecule has 19 heavy (non-hydrogen) atoms. The summed E-state index contributed by atoms with van der Waals surface area (Å²) < 4.78 is 5.20. The lowest BCUT2D eigenvalue weighted by molar-refractivity contribution is 0.0504. The standard InChI is InChI=1S/C15H20N2O2/c1-11-5-7-12(8-6-11)13(9-10-16)17-14(18)19-15(2,3)4/h5-8,13H,9H2,1-4H3,(H,17,18). The Morgan fingerprint density at radius 1 is 1.37 bits per heavy atom. The fourth-order valence-electron chi connectivity index (χ4n) is 1.59. The summed E-state index contributed by atoms with van der Waals surface area (Å²) in [6.07, 6.45) is -0.296. The van der Waals surface area contributed by atoms with E-state index in [1.165, 1.54) is 0 Å². The molecular weight excluding hydrogens is 240 g/mol. The molecule has 0 aliphatic carbocycles. The van der Waals surface area contributed by atoms with E-state index in [4.69, 9.17) is 10.00 Å². The molecule has 4 heteroatoms. The van der Waals surface area contributed by atoms with Crippen molar-refractivity contribution in [3.05, 3.63) is 35.4 Å². The van der Waals surface area contributed by atoms with E-state index in [0.717, 1.165) is 11.1 Å². The molecule has 1 aromatic carbocycles. The maximum Gasteiger partial charge on any atom is 0.408 e. The van der Waals surface area contributed by atoms with Gasteiger partial charge in [-0.3, -0.25) is 0 Å². The summed E-state index contributed by atoms with van der Waals surface area (Å²) >= 11 is 0. The van der Waals surface area contributed by atoms with Crippen LogP contribution in [0.1, 0.15) is 44.4 Å². The molecular formula is C15H20N2O2. The van der Waals surface area contributed by atoms with Gasteiger partial charge in [0.1, 0.15) is 5.60 Å². The van der Waals surface area contributed by atoms with Gasteiger partial charge in [0.15, 0.2) is 0 Å². The predicted octanol–water partition coefficient (Wildman–Crippen LogP) is 3.47. The summed E-state index contributed by atoms with van der Waals surface area (Å²) in [4.78, 5) is 11.7. The van der Waals surface area contributed by atoms with E-state index in [1.54, 1.807) is 20.8 Å². The molecule has 1 rings (SSSR count). The first-order valence-electron chi connectivity index (χ1n) is 6.25. The largest absolute Gasteiger partial charge is 0.444 e. The van der Waals surface area contributed by atoms with Crippen LogP contribution in [0.4, 0.5) is 4.79 Å². The molecule has 0 heterocycles. The molecule has 1 N–H and O–H groups in total. The Bertz CT molecular complexity index is 466. The maximum atomic E-state index is 11.7. The molecule has 1 aromatic rings. The summed E-state index contributed by atoms with van der Waals surface area (Å²) in [5.74, 6) is 0. The molecule has 0 aromatic heterocycles. The number of nitrogens with zero attached hydrogens (tertiary/aromatic N) is 1. The Morgan fingerprint density at radius 3 is 2.42 bits per heavy atom. The average molecular weight is 260 g/mol. The molecule has 0 fully saturated rings. The van der Waals surface area contributed by atoms with Gasteiger partial charge in [-0.05, 0) is 33.3 Å². The average Bonchev–Trinajstić information content (AvgIpc) is 2.27. The lowest BCUT2D eigenvalue weighted by atomic mass is 10.0. The third-order valence-electron chi connectivity index (χ3n) is 2.47. The van der Waals surface area contributed by atoms with Crippen molar-refractivity contribution in [2.45, 2.75) is 45.8 Å². The number of carbonyl (C=O) groups excluding carboxylic acids is 1. The summed E-state index contributed by atoms with van der Waals surface area (Å²) in [5, 5.41) is 11.6. The first-order valence-corrected chi connectivity index (χ1v) is 6.25. The number of hydrogen-bond donors (Lipinski definition) is 1. The van der Waals surface area contributed by atoms with E-state index >= 15 is 0 Å². The van der Waals surface area contributed by atoms with Crippen LogP contribution in [0.3, 0.4) is 0 Å². The number of aryl methyl sites for hydroxylation is 1. The second-order valence-electron chi connectivity index (χ2n) is 5.47. The number of ether oxygens (including phenoxy) is 1. The van der Waals surface area contributed by atoms with Crippen molar-refractivity contribution in [1.29, 1.82) is 5.26 Å². The zero-order chi connectivity index (χ0) is 14.5. The summed E-state index contributed by atoms with van der Waals surface area (Å²) in [6, 6.07) is 9.46. The quantitative estimate of drug-likeness (QED) is 0.905. The van der Waals surface area contributed by atoms with Crippen LogP contribution in [0.2, 0.25) is 0 Å². The highest BCUT2D eigenvalue weighted by molar-refractivity contribution is 5.68. The molecule has 0 bridgehead atoms. The zero-order valence-corrected chi connectivity index (χ0v) is 11.9. The van der Waals surface area contributed by atoms with Crippen molar-refractivity contribution in [2.75, 3.05) is 0 Å². The number of nitriles is 1. The van der Waals surface area contributed by atoms with Crippen LogP contribution < -0.4 is 5.32 Å². The fourth-order valence-corrected chi connectivity index (χ4v) is 1.59. The third kappa shape index (κ3) is 5.43. The number of nitrogens with one attached hydrogen (secondary N) is 1. The molecule has 0 aliphatic heterocycles. The van der Waals surface area contributed by atoms with Gasteiger partial charge in [-0.25, -0.2) is 4.79 Å². The highest BCUT2D eigenvalue weighted by Crippen LogP contribution is 2.18. The minimum absolute atomic E-state index is 0.211. The number of benzene rings is 1. The molecule has 0 saturated heterocycles. The van der Waals surface area contributed by atoms with E-state index < -0.39 is 11.7 Å². The lowest BCUT2D eigenvalue weighted by Gasteiger charge is -2.22. The Labute approximate surface area is 114 Å². The second kappa shape index (κ2) is 6.24. The smallest absolute Gasteiger partial charge is 0.408 e. The Hall–Kier alpha value is -2.02. The summed E-state index contributed by atoms with van der Waals surface area (Å²) in [7, 11) is 0. The van der Waals surface area contributed by atoms with Crippen LogP contribution in [0.5, 0.6) is 0 Å². The highest BCUT2D eigenvalue weighted by atomic mass is 16.6. The van der Waals surface area contributed by atoms with Crippen LogP contribution in [0.15, 0.2) is 24.3 Å². The first-order chi connectivity index (χ1) is 8.81. The third-order valence-corrected chi connectivity index (χ3v) is 2.47. The monoisotopic (exact) mass is 260 g/mol. The van der Waals surface area contributed by atoms with Gasteiger partial charge in [-0.15, -0.1) is 0 Å². The van der Waals surface area contributed by atoms with E-state index in [1.807, 2.05) is 31.2 Å². The maximum absolute atomic E-state index is 11.7. The predicted molar refractivity (Wildman–Crippen MR) is 73.5 cm³/mol. The van der Waals surface area contributed by atoms with Crippen molar-refractivity contribution in [1.82, 2.24) is 5.32 Å². The normalized spacial score (nSPS) is 12.4. The molecule has 0 aliphatic rings. The number of alkyl carbamates (subject to hydrolysis) is 1. The van der Waals surface area contributed by atoms with Crippen molar-refractivity contribution < 1.29 is 9.53 Å². The van der Waals surface area contributed by atoms with Gasteiger partial charge in [0.25, 0.3) is 0 Å². The van der Waals surface area contributed by atoms with Crippen LogP contribution in [0.25, 0.3) is 0 Å². The molecule has 4 nitrogen and oxygen atoms in total. The van der Waals surface area contributed by atoms with E-state index in [2.05, 4.69) is 11.4 Å². The zero-order valence-electron chi connectivity index (χ0n) is 11.9. The van der Waals surface area contributed by atoms with Gasteiger partial charge in [-0.2, -0.15) is 5.26 Å². The molecule has 1 amide bonds. The van der Waals surface area contributed by atoms with Crippen LogP contribution in [0, 0.1) is 18.3 Å². The molecule has 0 radical (unpaired) electrons. The van der Waals surface area contributed by atoms with Gasteiger partial charge < -0.3 is 10.1 Å². The topological polar surface area (TPSA) is 62.1 Å². The summed E-state index contributed by atoms with van der Waals surface area (Å²) in [6.45, 7) is 7.40. The number of rotatable bonds is 3. The van der Waals surface area contributed by atoms with Gasteiger partial charge in [-0.1, -0.05) is 29.8 Å². The summed E-state index contributed by atoms with van der Waals surface area (Å²) in [5.41, 5.74) is 1.49. The van der Waals surface area contributed by atoms with Crippen LogP contribution in [-0.4, -0.2) is 11.7 Å². The number of carbonyl (C=O) groups is 1. The van der Waals surface area contributed by atoms with Gasteiger partial charge >= 0.3 is 6.09 Å². The van der Waals surface area contributed by atoms with E-state index in [-0.39, 0.29) is 12.5 Å². The van der Waals surface area contributed by atoms with E-state index in [0.29, 0.717) is 0 Å². The Kier molecular flexibility index (Phi) is 4.94. The first kappa shape index (κ1) is 15.0. The van der Waals surface area contributed by atoms with Crippen molar-refractivity contribution in [3.8, 4) is 6.07 Å². The van der Waals surface area contributed by atoms with Crippen molar-refractivity contribution >= 4 is 6.09 Å². The number of hydrogen-bond acceptors (Lipinski definition) is 3. The highest BCUT2D eigenvalue weighted by Gasteiger charge is 2.20. The molecule has 0 spiro atoms. The Morgan fingerprint density at radius 2 is 1.95 bits per heavy atom. The molecule has 1 atom stereocenters. The minimum atomic E-state index is -0.547. The van der Waals surface area contributed by atoms with Crippen LogP contribution >= 0.6 is 0 Å². The lowest BCUT2D eigenvalue weighted by Crippen LogP contribution is -2.34. The molecule has 1 unspecified atom stereocenters. The molecule has 0 saturated carbocycles.